The van der Waals surface area contributed by atoms with Crippen LogP contribution in [0.1, 0.15) is 31.4 Å². The van der Waals surface area contributed by atoms with Crippen molar-refractivity contribution in [3.8, 4) is 17.5 Å². The minimum Gasteiger partial charge on any atom is -0.481 e. The highest BCUT2D eigenvalue weighted by Gasteiger charge is 2.47. The molecule has 0 amide bonds. The molecule has 2 unspecified atom stereocenters. The summed E-state index contributed by atoms with van der Waals surface area (Å²) < 4.78 is 15.4. The molecular weight excluding hydrogens is 425 g/mol. The van der Waals surface area contributed by atoms with Gasteiger partial charge in [-0.15, -0.1) is 5.10 Å². The van der Waals surface area contributed by atoms with Crippen LogP contribution in [0.4, 0.5) is 10.2 Å². The number of aliphatic carboxylic acids is 1. The van der Waals surface area contributed by atoms with Crippen LogP contribution < -0.4 is 5.32 Å². The van der Waals surface area contributed by atoms with Gasteiger partial charge in [-0.05, 0) is 55.7 Å². The van der Waals surface area contributed by atoms with Crippen LogP contribution in [0.25, 0.3) is 27.9 Å². The molecule has 4 heterocycles. The van der Waals surface area contributed by atoms with Crippen LogP contribution in [0.2, 0.25) is 0 Å². The summed E-state index contributed by atoms with van der Waals surface area (Å²) in [5.41, 5.74) is 1.94. The van der Waals surface area contributed by atoms with Gasteiger partial charge in [0.2, 0.25) is 0 Å². The molecule has 10 heteroatoms. The number of nitrogens with one attached hydrogen (secondary N) is 2. The molecule has 166 valence electrons. The zero-order valence-electron chi connectivity index (χ0n) is 17.5. The van der Waals surface area contributed by atoms with Gasteiger partial charge in [0.25, 0.3) is 0 Å². The number of carbonyl (C=O) groups is 1. The Labute approximate surface area is 187 Å². The second-order valence-electron chi connectivity index (χ2n) is 8.87. The van der Waals surface area contributed by atoms with Gasteiger partial charge in [0, 0.05) is 23.2 Å². The predicted octanol–water partition coefficient (Wildman–Crippen LogP) is 3.58. The van der Waals surface area contributed by atoms with Crippen molar-refractivity contribution in [2.45, 2.75) is 31.7 Å². The molecule has 3 saturated carbocycles. The highest BCUT2D eigenvalue weighted by Crippen LogP contribution is 2.46. The zero-order chi connectivity index (χ0) is 22.7. The van der Waals surface area contributed by atoms with E-state index in [-0.39, 0.29) is 23.7 Å². The molecule has 9 nitrogen and oxygen atoms in total. The van der Waals surface area contributed by atoms with Gasteiger partial charge in [-0.25, -0.2) is 18.9 Å². The Balaban J connectivity index is 1.50. The third-order valence-electron chi connectivity index (χ3n) is 7.17. The normalized spacial score (nSPS) is 24.2. The van der Waals surface area contributed by atoms with Crippen molar-refractivity contribution in [1.82, 2.24) is 24.6 Å². The molecule has 0 aromatic carbocycles. The van der Waals surface area contributed by atoms with E-state index >= 15 is 0 Å². The molecule has 0 saturated heterocycles. The summed E-state index contributed by atoms with van der Waals surface area (Å²) in [4.78, 5) is 23.9. The highest BCUT2D eigenvalue weighted by molar-refractivity contribution is 5.92. The van der Waals surface area contributed by atoms with Crippen molar-refractivity contribution < 1.29 is 14.3 Å². The van der Waals surface area contributed by atoms with Crippen molar-refractivity contribution >= 4 is 28.3 Å². The number of hydrogen-bond acceptors (Lipinski definition) is 6. The number of carboxylic acids is 1. The largest absolute Gasteiger partial charge is 0.481 e. The molecule has 3 N–H and O–H groups in total. The van der Waals surface area contributed by atoms with Crippen molar-refractivity contribution in [2.24, 2.45) is 17.8 Å². The van der Waals surface area contributed by atoms with E-state index in [1.165, 1.54) is 10.6 Å². The number of H-pyrrole nitrogens is 1. The van der Waals surface area contributed by atoms with E-state index in [0.29, 0.717) is 33.6 Å². The Kier molecular flexibility index (Phi) is 4.33. The van der Waals surface area contributed by atoms with Gasteiger partial charge in [0.15, 0.2) is 11.6 Å². The van der Waals surface area contributed by atoms with Gasteiger partial charge in [-0.2, -0.15) is 5.26 Å². The fraction of sp³-hybridized carbons (Fsp3) is 0.348. The van der Waals surface area contributed by atoms with Gasteiger partial charge >= 0.3 is 5.97 Å². The maximum Gasteiger partial charge on any atom is 0.308 e. The van der Waals surface area contributed by atoms with Gasteiger partial charge in [-0.3, -0.25) is 4.79 Å². The van der Waals surface area contributed by atoms with E-state index in [0.717, 1.165) is 31.9 Å². The first kappa shape index (κ1) is 19.7. The fourth-order valence-corrected chi connectivity index (χ4v) is 5.63. The van der Waals surface area contributed by atoms with E-state index in [1.54, 1.807) is 18.3 Å². The summed E-state index contributed by atoms with van der Waals surface area (Å²) >= 11 is 0. The number of rotatable bonds is 4. The van der Waals surface area contributed by atoms with Gasteiger partial charge in [-0.1, -0.05) is 0 Å². The average molecular weight is 445 g/mol. The van der Waals surface area contributed by atoms with Crippen LogP contribution in [0.15, 0.2) is 30.6 Å². The van der Waals surface area contributed by atoms with Crippen LogP contribution in [0.3, 0.4) is 0 Å². The predicted molar refractivity (Wildman–Crippen MR) is 117 cm³/mol. The molecule has 2 bridgehead atoms. The van der Waals surface area contributed by atoms with E-state index in [1.807, 2.05) is 0 Å². The maximum atomic E-state index is 13.9. The molecule has 3 fully saturated rings. The molecule has 4 aromatic rings. The molecule has 7 rings (SSSR count). The Morgan fingerprint density at radius 2 is 2.06 bits per heavy atom. The van der Waals surface area contributed by atoms with Crippen LogP contribution in [-0.2, 0) is 4.79 Å². The number of carboxylic acid groups (broad SMARTS) is 1. The minimum atomic E-state index is -0.793. The first-order valence-corrected chi connectivity index (χ1v) is 11.0. The highest BCUT2D eigenvalue weighted by atomic mass is 19.1. The van der Waals surface area contributed by atoms with E-state index in [4.69, 9.17) is 4.98 Å². The molecule has 0 aliphatic heterocycles. The summed E-state index contributed by atoms with van der Waals surface area (Å²) in [7, 11) is 0. The summed E-state index contributed by atoms with van der Waals surface area (Å²) in [5, 5.41) is 28.0. The first-order valence-electron chi connectivity index (χ1n) is 11.0. The Morgan fingerprint density at radius 1 is 1.27 bits per heavy atom. The first-order chi connectivity index (χ1) is 16.0. The average Bonchev–Trinajstić information content (AvgIpc) is 3.43. The quantitative estimate of drug-likeness (QED) is 0.437. The lowest BCUT2D eigenvalue weighted by atomic mass is 9.61. The van der Waals surface area contributed by atoms with Crippen molar-refractivity contribution in [1.29, 1.82) is 5.26 Å². The summed E-state index contributed by atoms with van der Waals surface area (Å²) in [6.07, 6.45) is 6.61. The standard InChI is InChI=1S/C23H20FN7O2/c24-13-7-15-16(10-27-20(15)26-9-13)21-29-22(17-6-5-14(8-25)31(17)30-21)28-19-12-3-1-11(2-4-12)18(19)23(32)33/h5-7,9-12,18-19H,1-4H2,(H,26,27)(H,32,33)(H,28,29,30). The third-order valence-corrected chi connectivity index (χ3v) is 7.17. The summed E-state index contributed by atoms with van der Waals surface area (Å²) in [6.45, 7) is 0. The number of nitriles is 1. The number of nitrogens with zero attached hydrogens (tertiary/aromatic N) is 5. The topological polar surface area (TPSA) is 132 Å². The van der Waals surface area contributed by atoms with E-state index in [9.17, 15) is 19.6 Å². The Morgan fingerprint density at radius 3 is 2.82 bits per heavy atom. The van der Waals surface area contributed by atoms with Crippen molar-refractivity contribution in [2.75, 3.05) is 5.32 Å². The lowest BCUT2D eigenvalue weighted by Gasteiger charge is -2.47. The smallest absolute Gasteiger partial charge is 0.308 e. The van der Waals surface area contributed by atoms with Crippen molar-refractivity contribution in [3.05, 3.63) is 42.1 Å². The number of hydrogen-bond donors (Lipinski definition) is 3. The second-order valence-corrected chi connectivity index (χ2v) is 8.87. The number of fused-ring (bicyclic) bond motifs is 5. The molecular formula is C23H20FN7O2. The van der Waals surface area contributed by atoms with Crippen LogP contribution in [0.5, 0.6) is 0 Å². The number of pyridine rings is 1. The van der Waals surface area contributed by atoms with Crippen LogP contribution in [-0.4, -0.2) is 41.7 Å². The lowest BCUT2D eigenvalue weighted by molar-refractivity contribution is -0.148. The zero-order valence-corrected chi connectivity index (χ0v) is 17.5. The fourth-order valence-electron chi connectivity index (χ4n) is 5.63. The maximum absolute atomic E-state index is 13.9. The van der Waals surface area contributed by atoms with E-state index in [2.05, 4.69) is 26.5 Å². The molecule has 3 aliphatic carbocycles. The van der Waals surface area contributed by atoms with Crippen LogP contribution in [0, 0.1) is 34.9 Å². The van der Waals surface area contributed by atoms with E-state index < -0.39 is 17.7 Å². The minimum absolute atomic E-state index is 0.145. The molecule has 3 aliphatic rings. The molecule has 33 heavy (non-hydrogen) atoms. The number of aromatic nitrogens is 5. The van der Waals surface area contributed by atoms with Gasteiger partial charge < -0.3 is 15.4 Å². The second kappa shape index (κ2) is 7.27. The molecule has 2 atom stereocenters. The Hall–Kier alpha value is -4.00. The lowest BCUT2D eigenvalue weighted by Crippen LogP contribution is -2.51. The van der Waals surface area contributed by atoms with Crippen LogP contribution >= 0.6 is 0 Å². The summed E-state index contributed by atoms with van der Waals surface area (Å²) in [5.74, 6) is -0.638. The Bertz CT molecular complexity index is 1440. The number of halogens is 1. The van der Waals surface area contributed by atoms with Gasteiger partial charge in [0.1, 0.15) is 28.7 Å². The van der Waals surface area contributed by atoms with Gasteiger partial charge in [0.05, 0.1) is 12.1 Å². The summed E-state index contributed by atoms with van der Waals surface area (Å²) in [6, 6.07) is 6.62. The SMILES string of the molecule is N#Cc1ccc2c(NC3C4CCC(CC4)C3C(=O)O)nc(-c3c[nH]c4ncc(F)cc34)nn12. The molecule has 0 radical (unpaired) electrons. The number of aromatic amines is 1. The number of anilines is 1. The monoisotopic (exact) mass is 445 g/mol. The van der Waals surface area contributed by atoms with Crippen molar-refractivity contribution in [3.63, 3.8) is 0 Å². The molecule has 4 aromatic heterocycles. The third kappa shape index (κ3) is 3.03. The molecule has 0 spiro atoms.